The number of ether oxygens (including phenoxy) is 1. The zero-order valence-electron chi connectivity index (χ0n) is 24.7. The molecule has 0 amide bonds. The molecule has 0 aromatic heterocycles. The maximum atomic E-state index is 6.71. The first-order valence-electron chi connectivity index (χ1n) is 15.4. The first kappa shape index (κ1) is 26.7. The number of hydrogen-bond donors (Lipinski definition) is 1. The van der Waals surface area contributed by atoms with E-state index in [1.807, 2.05) is 0 Å². The molecule has 1 unspecified atom stereocenters. The van der Waals surface area contributed by atoms with Gasteiger partial charge in [0.2, 0.25) is 0 Å². The van der Waals surface area contributed by atoms with Gasteiger partial charge in [0, 0.05) is 11.1 Å². The molecule has 7 aromatic rings. The van der Waals surface area contributed by atoms with Crippen LogP contribution in [0.25, 0.3) is 55.6 Å². The first-order valence-corrected chi connectivity index (χ1v) is 15.4. The molecule has 214 valence electrons. The van der Waals surface area contributed by atoms with Crippen LogP contribution in [0.5, 0.6) is 5.75 Å². The van der Waals surface area contributed by atoms with E-state index in [1.165, 1.54) is 38.9 Å². The van der Waals surface area contributed by atoms with Gasteiger partial charge in [-0.25, -0.2) is 0 Å². The maximum Gasteiger partial charge on any atom is 0.196 e. The van der Waals surface area contributed by atoms with Crippen LogP contribution in [0.1, 0.15) is 11.8 Å². The van der Waals surface area contributed by atoms with E-state index in [-0.39, 0.29) is 6.23 Å². The average molecular weight is 578 g/mol. The van der Waals surface area contributed by atoms with Crippen molar-refractivity contribution in [2.75, 3.05) is 5.32 Å². The number of benzene rings is 7. The summed E-state index contributed by atoms with van der Waals surface area (Å²) in [5, 5.41) is 3.74. The van der Waals surface area contributed by atoms with Crippen molar-refractivity contribution >= 4 is 5.69 Å². The molecule has 1 aliphatic rings. The van der Waals surface area contributed by atoms with Crippen LogP contribution in [0.15, 0.2) is 176 Å². The van der Waals surface area contributed by atoms with Crippen molar-refractivity contribution in [2.24, 2.45) is 0 Å². The summed E-state index contributed by atoms with van der Waals surface area (Å²) < 4.78 is 6.71. The van der Waals surface area contributed by atoms with Crippen molar-refractivity contribution in [2.45, 2.75) is 6.23 Å². The molecular formula is C43H31NO. The first-order chi connectivity index (χ1) is 22.3. The average Bonchev–Trinajstić information content (AvgIpc) is 3.57. The molecule has 2 heteroatoms. The Morgan fingerprint density at radius 2 is 0.822 bits per heavy atom. The molecule has 2 nitrogen and oxygen atoms in total. The molecule has 0 spiro atoms. The lowest BCUT2D eigenvalue weighted by molar-refractivity contribution is 0.260. The fraction of sp³-hybridized carbons (Fsp3) is 0.0233. The minimum Gasteiger partial charge on any atom is -0.464 e. The van der Waals surface area contributed by atoms with Gasteiger partial charge < -0.3 is 10.1 Å². The van der Waals surface area contributed by atoms with Crippen LogP contribution in [-0.2, 0) is 0 Å². The zero-order valence-corrected chi connectivity index (χ0v) is 24.7. The Morgan fingerprint density at radius 3 is 1.42 bits per heavy atom. The van der Waals surface area contributed by atoms with Crippen LogP contribution in [0.3, 0.4) is 0 Å². The normalized spacial score (nSPS) is 13.5. The van der Waals surface area contributed by atoms with Crippen LogP contribution < -0.4 is 10.1 Å². The van der Waals surface area contributed by atoms with E-state index < -0.39 is 0 Å². The monoisotopic (exact) mass is 577 g/mol. The van der Waals surface area contributed by atoms with E-state index in [9.17, 15) is 0 Å². The summed E-state index contributed by atoms with van der Waals surface area (Å²) in [6.07, 6.45) is -0.314. The van der Waals surface area contributed by atoms with Gasteiger partial charge >= 0.3 is 0 Å². The zero-order chi connectivity index (χ0) is 30.0. The highest BCUT2D eigenvalue weighted by molar-refractivity contribution is 5.89. The van der Waals surface area contributed by atoms with Gasteiger partial charge in [0.05, 0.1) is 5.69 Å². The maximum absolute atomic E-state index is 6.71. The van der Waals surface area contributed by atoms with Gasteiger partial charge in [-0.3, -0.25) is 0 Å². The molecule has 8 rings (SSSR count). The molecule has 0 saturated heterocycles. The molecule has 7 aromatic carbocycles. The Morgan fingerprint density at radius 1 is 0.356 bits per heavy atom. The van der Waals surface area contributed by atoms with Crippen molar-refractivity contribution < 1.29 is 4.74 Å². The number of anilines is 1. The lowest BCUT2D eigenvalue weighted by Crippen LogP contribution is -2.10. The van der Waals surface area contributed by atoms with Gasteiger partial charge in [-0.05, 0) is 68.3 Å². The van der Waals surface area contributed by atoms with Crippen molar-refractivity contribution in [1.29, 1.82) is 0 Å². The van der Waals surface area contributed by atoms with E-state index in [0.717, 1.165) is 33.7 Å². The SMILES string of the molecule is c1ccc(-c2ccc(-c3ccc(C4Nc5c(cc(-c6ccccc6)cc5-c5ccccc5)O4)cc3-c3ccccc3)cc2)cc1. The van der Waals surface area contributed by atoms with Crippen molar-refractivity contribution in [1.82, 2.24) is 0 Å². The molecule has 1 N–H and O–H groups in total. The van der Waals surface area contributed by atoms with Gasteiger partial charge in [0.1, 0.15) is 5.75 Å². The molecular weight excluding hydrogens is 546 g/mol. The van der Waals surface area contributed by atoms with E-state index >= 15 is 0 Å². The standard InChI is InChI=1S/C43H31NO/c1-5-13-30(14-6-1)32-21-23-35(24-22-32)38-26-25-36(27-39(38)33-17-9-3-10-18-33)43-44-42-40(34-19-11-4-12-20-34)28-37(29-41(42)45-43)31-15-7-2-8-16-31/h1-29,43-44H. The topological polar surface area (TPSA) is 21.3 Å². The van der Waals surface area contributed by atoms with Crippen LogP contribution >= 0.6 is 0 Å². The van der Waals surface area contributed by atoms with Gasteiger partial charge in [-0.15, -0.1) is 0 Å². The van der Waals surface area contributed by atoms with E-state index in [4.69, 9.17) is 4.74 Å². The highest BCUT2D eigenvalue weighted by Crippen LogP contribution is 2.48. The summed E-state index contributed by atoms with van der Waals surface area (Å²) in [5.74, 6) is 0.863. The van der Waals surface area contributed by atoms with Gasteiger partial charge in [-0.2, -0.15) is 0 Å². The summed E-state index contributed by atoms with van der Waals surface area (Å²) in [4.78, 5) is 0. The molecule has 1 atom stereocenters. The predicted octanol–water partition coefficient (Wildman–Crippen LogP) is 11.5. The molecule has 0 saturated carbocycles. The highest BCUT2D eigenvalue weighted by atomic mass is 16.5. The van der Waals surface area contributed by atoms with Gasteiger partial charge in [0.15, 0.2) is 6.23 Å². The summed E-state index contributed by atoms with van der Waals surface area (Å²) in [6.45, 7) is 0. The Kier molecular flexibility index (Phi) is 6.94. The Labute approximate surface area is 264 Å². The van der Waals surface area contributed by atoms with E-state index in [0.29, 0.717) is 0 Å². The van der Waals surface area contributed by atoms with Crippen LogP contribution in [0.2, 0.25) is 0 Å². The second kappa shape index (κ2) is 11.7. The van der Waals surface area contributed by atoms with Crippen molar-refractivity contribution in [3.8, 4) is 61.4 Å². The lowest BCUT2D eigenvalue weighted by Gasteiger charge is -2.17. The molecule has 1 aliphatic heterocycles. The third kappa shape index (κ3) is 5.28. The van der Waals surface area contributed by atoms with E-state index in [2.05, 4.69) is 181 Å². The van der Waals surface area contributed by atoms with Crippen LogP contribution in [0.4, 0.5) is 5.69 Å². The second-order valence-corrected chi connectivity index (χ2v) is 11.4. The smallest absolute Gasteiger partial charge is 0.196 e. The molecule has 0 aliphatic carbocycles. The number of hydrogen-bond acceptors (Lipinski definition) is 2. The summed E-state index contributed by atoms with van der Waals surface area (Å²) in [6, 6.07) is 62.2. The molecule has 0 bridgehead atoms. The summed E-state index contributed by atoms with van der Waals surface area (Å²) in [5.41, 5.74) is 13.8. The number of fused-ring (bicyclic) bond motifs is 1. The predicted molar refractivity (Wildman–Crippen MR) is 187 cm³/mol. The number of rotatable bonds is 6. The summed E-state index contributed by atoms with van der Waals surface area (Å²) in [7, 11) is 0. The van der Waals surface area contributed by atoms with Crippen molar-refractivity contribution in [3.63, 3.8) is 0 Å². The van der Waals surface area contributed by atoms with Crippen molar-refractivity contribution in [3.05, 3.63) is 181 Å². The minimum atomic E-state index is -0.314. The fourth-order valence-corrected chi connectivity index (χ4v) is 6.24. The lowest BCUT2D eigenvalue weighted by atomic mass is 9.91. The van der Waals surface area contributed by atoms with Gasteiger partial charge in [0.25, 0.3) is 0 Å². The second-order valence-electron chi connectivity index (χ2n) is 11.4. The minimum absolute atomic E-state index is 0.314. The third-order valence-electron chi connectivity index (χ3n) is 8.55. The highest BCUT2D eigenvalue weighted by Gasteiger charge is 2.28. The molecule has 0 fully saturated rings. The molecule has 0 radical (unpaired) electrons. The molecule has 45 heavy (non-hydrogen) atoms. The largest absolute Gasteiger partial charge is 0.464 e. The quantitative estimate of drug-likeness (QED) is 0.212. The Hall–Kier alpha value is -5.86. The van der Waals surface area contributed by atoms with Gasteiger partial charge in [-0.1, -0.05) is 158 Å². The van der Waals surface area contributed by atoms with Crippen LogP contribution in [0, 0.1) is 0 Å². The summed E-state index contributed by atoms with van der Waals surface area (Å²) >= 11 is 0. The Balaban J connectivity index is 1.19. The fourth-order valence-electron chi connectivity index (χ4n) is 6.24. The van der Waals surface area contributed by atoms with Crippen LogP contribution in [-0.4, -0.2) is 0 Å². The number of nitrogens with one attached hydrogen (secondary N) is 1. The molecule has 1 heterocycles. The van der Waals surface area contributed by atoms with E-state index in [1.54, 1.807) is 0 Å². The third-order valence-corrected chi connectivity index (χ3v) is 8.55. The Bertz CT molecular complexity index is 2070.